The molecule has 2 N–H and O–H groups in total. The number of likely N-dealkylation sites (N-methyl/N-ethyl adjacent to an activating group) is 1. The molecule has 16 heavy (non-hydrogen) atoms. The van der Waals surface area contributed by atoms with Gasteiger partial charge in [0.05, 0.1) is 33.7 Å². The molecule has 0 aliphatic rings. The Morgan fingerprint density at radius 3 is 2.12 bits per heavy atom. The average Bonchev–Trinajstić information content (AvgIpc) is 2.11. The van der Waals surface area contributed by atoms with Crippen molar-refractivity contribution < 1.29 is 23.9 Å². The number of hydrogen-bond acceptors (Lipinski definition) is 5. The first-order chi connectivity index (χ1) is 7.22. The summed E-state index contributed by atoms with van der Waals surface area (Å²) < 4.78 is 4.88. The Morgan fingerprint density at radius 2 is 1.94 bits per heavy atom. The van der Waals surface area contributed by atoms with Gasteiger partial charge in [0, 0.05) is 0 Å². The van der Waals surface area contributed by atoms with Crippen molar-refractivity contribution in [2.24, 2.45) is 5.73 Å². The zero-order chi connectivity index (χ0) is 13.2. The summed E-state index contributed by atoms with van der Waals surface area (Å²) in [4.78, 5) is 20.1. The van der Waals surface area contributed by atoms with Gasteiger partial charge in [-0.05, 0) is 0 Å². The molecule has 6 nitrogen and oxygen atoms in total. The monoisotopic (exact) mass is 232 g/mol. The molecule has 0 bridgehead atoms. The maximum absolute atomic E-state index is 10.2. The van der Waals surface area contributed by atoms with Crippen LogP contribution >= 0.6 is 0 Å². The Morgan fingerprint density at radius 1 is 1.44 bits per heavy atom. The Labute approximate surface area is 95.9 Å². The van der Waals surface area contributed by atoms with Crippen LogP contribution in [0.15, 0.2) is 12.7 Å². The number of carbonyl (C=O) groups is 2. The number of ether oxygens (including phenoxy) is 1. The molecule has 6 heteroatoms. The molecule has 94 valence electrons. The fourth-order valence-electron chi connectivity index (χ4n) is 0.598. The zero-order valence-corrected chi connectivity index (χ0v) is 10.1. The van der Waals surface area contributed by atoms with Gasteiger partial charge < -0.3 is 24.9 Å². The van der Waals surface area contributed by atoms with Crippen molar-refractivity contribution in [1.82, 2.24) is 0 Å². The second-order valence-corrected chi connectivity index (χ2v) is 4.00. The molecule has 0 saturated carbocycles. The molecular formula is C10H20N2O4. The predicted molar refractivity (Wildman–Crippen MR) is 58.1 cm³/mol. The van der Waals surface area contributed by atoms with Crippen molar-refractivity contribution in [3.8, 4) is 0 Å². The van der Waals surface area contributed by atoms with Gasteiger partial charge in [0.15, 0.2) is 0 Å². The number of carboxylic acids is 1. The molecule has 0 spiro atoms. The number of carbonyl (C=O) groups excluding carboxylic acids is 2. The summed E-state index contributed by atoms with van der Waals surface area (Å²) in [5.41, 5.74) is 4.90. The van der Waals surface area contributed by atoms with E-state index in [-0.39, 0.29) is 19.7 Å². The van der Waals surface area contributed by atoms with Crippen LogP contribution in [0.5, 0.6) is 0 Å². The van der Waals surface area contributed by atoms with E-state index in [2.05, 4.69) is 11.3 Å². The van der Waals surface area contributed by atoms with Gasteiger partial charge in [0.1, 0.15) is 13.2 Å². The Balaban J connectivity index is 0. The standard InChI is InChI=1S/C5H11NO2.C5H9NO2/c1-6(2,3)4-5(7)8;1-2-3-8-5(7)4-6/h4H2,1-3H3;2H,1,3-4,6H2. The highest BCUT2D eigenvalue weighted by Gasteiger charge is 2.04. The highest BCUT2D eigenvalue weighted by atomic mass is 16.5. The predicted octanol–water partition coefficient (Wildman–Crippen LogP) is -1.88. The van der Waals surface area contributed by atoms with Crippen LogP contribution in [0.4, 0.5) is 0 Å². The molecule has 0 unspecified atom stereocenters. The molecule has 0 heterocycles. The highest BCUT2D eigenvalue weighted by molar-refractivity contribution is 5.71. The minimum atomic E-state index is -1.00. The Bertz CT molecular complexity index is 233. The molecule has 0 aromatic rings. The van der Waals surface area contributed by atoms with E-state index in [1.807, 2.05) is 0 Å². The van der Waals surface area contributed by atoms with E-state index in [1.165, 1.54) is 6.08 Å². The summed E-state index contributed by atoms with van der Waals surface area (Å²) >= 11 is 0. The largest absolute Gasteiger partial charge is 0.544 e. The molecule has 0 saturated heterocycles. The maximum Gasteiger partial charge on any atom is 0.320 e. The summed E-state index contributed by atoms with van der Waals surface area (Å²) in [5, 5.41) is 9.89. The molecule has 0 aliphatic heterocycles. The minimum absolute atomic E-state index is 0.0617. The second kappa shape index (κ2) is 8.87. The van der Waals surface area contributed by atoms with Gasteiger partial charge in [-0.2, -0.15) is 0 Å². The lowest BCUT2D eigenvalue weighted by atomic mass is 10.5. The van der Waals surface area contributed by atoms with Gasteiger partial charge in [-0.3, -0.25) is 4.79 Å². The molecule has 0 rings (SSSR count). The normalized spacial score (nSPS) is 9.75. The molecule has 0 amide bonds. The van der Waals surface area contributed by atoms with Crippen LogP contribution in [0.2, 0.25) is 0 Å². The molecule has 0 aromatic carbocycles. The van der Waals surface area contributed by atoms with Crippen LogP contribution in [0, 0.1) is 0 Å². The highest BCUT2D eigenvalue weighted by Crippen LogP contribution is 1.84. The number of quaternary nitrogens is 1. The summed E-state index contributed by atoms with van der Waals surface area (Å²) in [7, 11) is 5.40. The van der Waals surface area contributed by atoms with Gasteiger partial charge >= 0.3 is 5.97 Å². The van der Waals surface area contributed by atoms with E-state index >= 15 is 0 Å². The number of aliphatic carboxylic acids is 1. The molecule has 0 aliphatic carbocycles. The third kappa shape index (κ3) is 18.4. The van der Waals surface area contributed by atoms with E-state index < -0.39 is 11.9 Å². The van der Waals surface area contributed by atoms with Crippen molar-refractivity contribution >= 4 is 11.9 Å². The van der Waals surface area contributed by atoms with E-state index in [4.69, 9.17) is 5.73 Å². The first-order valence-corrected chi connectivity index (χ1v) is 4.69. The van der Waals surface area contributed by atoms with E-state index in [0.717, 1.165) is 0 Å². The molecule has 0 aromatic heterocycles. The van der Waals surface area contributed by atoms with Gasteiger partial charge in [0.25, 0.3) is 0 Å². The second-order valence-electron chi connectivity index (χ2n) is 4.00. The fraction of sp³-hybridized carbons (Fsp3) is 0.600. The molecule has 0 radical (unpaired) electrons. The lowest BCUT2D eigenvalue weighted by Crippen LogP contribution is -2.45. The van der Waals surface area contributed by atoms with Crippen LogP contribution < -0.4 is 10.8 Å². The minimum Gasteiger partial charge on any atom is -0.544 e. The summed E-state index contributed by atoms with van der Waals surface area (Å²) in [6, 6.07) is 0. The van der Waals surface area contributed by atoms with Crippen molar-refractivity contribution in [2.75, 3.05) is 40.8 Å². The van der Waals surface area contributed by atoms with Crippen LogP contribution in [-0.2, 0) is 14.3 Å². The number of nitrogens with two attached hydrogens (primary N) is 1. The van der Waals surface area contributed by atoms with E-state index in [0.29, 0.717) is 4.48 Å². The average molecular weight is 232 g/mol. The topological polar surface area (TPSA) is 92.5 Å². The van der Waals surface area contributed by atoms with Crippen molar-refractivity contribution in [1.29, 1.82) is 0 Å². The summed E-state index contributed by atoms with van der Waals surface area (Å²) in [6.07, 6.45) is 1.49. The van der Waals surface area contributed by atoms with E-state index in [1.54, 1.807) is 21.1 Å². The number of hydrogen-bond donors (Lipinski definition) is 1. The Hall–Kier alpha value is -1.40. The maximum atomic E-state index is 10.2. The fourth-order valence-corrected chi connectivity index (χ4v) is 0.598. The number of carboxylic acid groups (broad SMARTS) is 1. The van der Waals surface area contributed by atoms with Crippen LogP contribution in [0.3, 0.4) is 0 Å². The van der Waals surface area contributed by atoms with Crippen LogP contribution in [0.1, 0.15) is 0 Å². The number of nitrogens with zero attached hydrogens (tertiary/aromatic N) is 1. The smallest absolute Gasteiger partial charge is 0.320 e. The number of esters is 1. The number of rotatable bonds is 5. The summed E-state index contributed by atoms with van der Waals surface area (Å²) in [6.45, 7) is 3.60. The first kappa shape index (κ1) is 17.0. The van der Waals surface area contributed by atoms with Gasteiger partial charge in [-0.25, -0.2) is 0 Å². The van der Waals surface area contributed by atoms with Crippen molar-refractivity contribution in [3.63, 3.8) is 0 Å². The molecular weight excluding hydrogens is 212 g/mol. The van der Waals surface area contributed by atoms with Gasteiger partial charge in [-0.1, -0.05) is 12.7 Å². The van der Waals surface area contributed by atoms with Crippen molar-refractivity contribution in [2.45, 2.75) is 0 Å². The first-order valence-electron chi connectivity index (χ1n) is 4.69. The van der Waals surface area contributed by atoms with Crippen molar-refractivity contribution in [3.05, 3.63) is 12.7 Å². The van der Waals surface area contributed by atoms with E-state index in [9.17, 15) is 14.7 Å². The Kier molecular flexibility index (Phi) is 9.43. The van der Waals surface area contributed by atoms with Crippen LogP contribution in [-0.4, -0.2) is 57.3 Å². The van der Waals surface area contributed by atoms with Crippen LogP contribution in [0.25, 0.3) is 0 Å². The zero-order valence-electron chi connectivity index (χ0n) is 10.1. The molecule has 0 fully saturated rings. The third-order valence-corrected chi connectivity index (χ3v) is 1.13. The lowest BCUT2D eigenvalue weighted by molar-refractivity contribution is -0.864. The summed E-state index contributed by atoms with van der Waals surface area (Å²) in [5.74, 6) is -1.40. The van der Waals surface area contributed by atoms with Gasteiger partial charge in [-0.15, -0.1) is 0 Å². The lowest BCUT2D eigenvalue weighted by Gasteiger charge is -2.23. The SMILES string of the molecule is C=CCOC(=O)CN.C[N+](C)(C)CC(=O)[O-]. The quantitative estimate of drug-likeness (QED) is 0.340. The molecule has 0 atom stereocenters. The van der Waals surface area contributed by atoms with Gasteiger partial charge in [0.2, 0.25) is 0 Å². The third-order valence-electron chi connectivity index (χ3n) is 1.13.